The summed E-state index contributed by atoms with van der Waals surface area (Å²) in [6.07, 6.45) is 7.70. The van der Waals surface area contributed by atoms with Gasteiger partial charge in [-0.15, -0.1) is 0 Å². The van der Waals surface area contributed by atoms with Gasteiger partial charge in [0.25, 0.3) is 0 Å². The first-order chi connectivity index (χ1) is 12.9. The first-order valence-corrected chi connectivity index (χ1v) is 11.5. The van der Waals surface area contributed by atoms with Crippen LogP contribution in [0.15, 0.2) is 29.2 Å². The monoisotopic (exact) mass is 391 g/mol. The summed E-state index contributed by atoms with van der Waals surface area (Å²) in [5, 5.41) is 0. The molecule has 0 unspecified atom stereocenters. The van der Waals surface area contributed by atoms with Crippen LogP contribution in [0.25, 0.3) is 0 Å². The number of carbonyl (C=O) groups is 1. The van der Waals surface area contributed by atoms with Crippen molar-refractivity contribution in [1.82, 2.24) is 9.21 Å². The molecule has 4 rings (SSSR count). The highest BCUT2D eigenvalue weighted by Gasteiger charge is 2.48. The van der Waals surface area contributed by atoms with Crippen molar-refractivity contribution in [2.75, 3.05) is 26.2 Å². The number of carbonyl (C=O) groups excluding carboxylic acids is 1. The van der Waals surface area contributed by atoms with Crippen LogP contribution in [-0.2, 0) is 14.8 Å². The number of piperazine rings is 1. The summed E-state index contributed by atoms with van der Waals surface area (Å²) in [5.74, 6) is 0.535. The summed E-state index contributed by atoms with van der Waals surface area (Å²) in [7, 11) is -3.51. The van der Waals surface area contributed by atoms with Crippen LogP contribution in [0.4, 0.5) is 0 Å². The minimum atomic E-state index is -3.51. The van der Waals surface area contributed by atoms with Crippen molar-refractivity contribution >= 4 is 15.9 Å². The molecule has 2 saturated carbocycles. The number of sulfonamides is 1. The van der Waals surface area contributed by atoms with Crippen molar-refractivity contribution in [2.45, 2.75) is 61.3 Å². The fourth-order valence-electron chi connectivity index (χ4n) is 4.29. The van der Waals surface area contributed by atoms with Crippen LogP contribution in [0.5, 0.6) is 0 Å². The number of hydrogen-bond donors (Lipinski definition) is 1. The molecule has 0 spiro atoms. The van der Waals surface area contributed by atoms with Crippen molar-refractivity contribution in [3.63, 3.8) is 0 Å². The van der Waals surface area contributed by atoms with Gasteiger partial charge >= 0.3 is 0 Å². The van der Waals surface area contributed by atoms with E-state index in [4.69, 9.17) is 5.73 Å². The van der Waals surface area contributed by atoms with Crippen molar-refractivity contribution in [3.05, 3.63) is 29.8 Å². The molecule has 1 heterocycles. The second kappa shape index (κ2) is 7.18. The van der Waals surface area contributed by atoms with Crippen molar-refractivity contribution in [2.24, 2.45) is 5.73 Å². The molecule has 1 aromatic rings. The Hall–Kier alpha value is -1.44. The molecule has 3 fully saturated rings. The lowest BCUT2D eigenvalue weighted by Gasteiger charge is -2.35. The number of benzene rings is 1. The first-order valence-electron chi connectivity index (χ1n) is 10.1. The van der Waals surface area contributed by atoms with Crippen LogP contribution in [0.3, 0.4) is 0 Å². The van der Waals surface area contributed by atoms with E-state index in [0.29, 0.717) is 37.0 Å². The SMILES string of the molecule is NC1(C(=O)N2CCN(S(=O)(=O)c3ccc(C4CCCCC4)cc3)CC2)CC1. The van der Waals surface area contributed by atoms with E-state index in [1.165, 1.54) is 42.0 Å². The highest BCUT2D eigenvalue weighted by Crippen LogP contribution is 2.35. The lowest BCUT2D eigenvalue weighted by atomic mass is 9.84. The van der Waals surface area contributed by atoms with Crippen molar-refractivity contribution < 1.29 is 13.2 Å². The number of amides is 1. The molecule has 2 aliphatic carbocycles. The maximum atomic E-state index is 13.0. The number of nitrogens with two attached hydrogens (primary N) is 1. The van der Waals surface area contributed by atoms with Gasteiger partial charge in [0.1, 0.15) is 0 Å². The van der Waals surface area contributed by atoms with E-state index in [-0.39, 0.29) is 5.91 Å². The maximum absolute atomic E-state index is 13.0. The average Bonchev–Trinajstić information content (AvgIpc) is 3.47. The number of rotatable bonds is 4. The molecule has 0 aromatic heterocycles. The number of hydrogen-bond acceptors (Lipinski definition) is 4. The zero-order valence-corrected chi connectivity index (χ0v) is 16.6. The molecule has 0 atom stereocenters. The van der Waals surface area contributed by atoms with Crippen LogP contribution < -0.4 is 5.73 Å². The van der Waals surface area contributed by atoms with E-state index in [1.807, 2.05) is 12.1 Å². The zero-order chi connectivity index (χ0) is 19.1. The van der Waals surface area contributed by atoms with Gasteiger partial charge in [0.15, 0.2) is 0 Å². The minimum Gasteiger partial charge on any atom is -0.338 e. The second-order valence-electron chi connectivity index (χ2n) is 8.26. The van der Waals surface area contributed by atoms with Gasteiger partial charge in [-0.05, 0) is 49.3 Å². The molecule has 3 aliphatic rings. The molecule has 1 aromatic carbocycles. The molecule has 0 bridgehead atoms. The van der Waals surface area contributed by atoms with Gasteiger partial charge in [-0.3, -0.25) is 4.79 Å². The predicted molar refractivity (Wildman–Crippen MR) is 104 cm³/mol. The van der Waals surface area contributed by atoms with E-state index in [2.05, 4.69) is 0 Å². The molecular weight excluding hydrogens is 362 g/mol. The summed E-state index contributed by atoms with van der Waals surface area (Å²) < 4.78 is 27.4. The fourth-order valence-corrected chi connectivity index (χ4v) is 5.71. The van der Waals surface area contributed by atoms with E-state index in [1.54, 1.807) is 17.0 Å². The Balaban J connectivity index is 1.40. The Morgan fingerprint density at radius 1 is 0.963 bits per heavy atom. The molecule has 1 saturated heterocycles. The molecule has 1 aliphatic heterocycles. The van der Waals surface area contributed by atoms with Gasteiger partial charge in [0.2, 0.25) is 15.9 Å². The Bertz CT molecular complexity index is 788. The van der Waals surface area contributed by atoms with Crippen molar-refractivity contribution in [3.8, 4) is 0 Å². The van der Waals surface area contributed by atoms with Gasteiger partial charge in [-0.1, -0.05) is 31.4 Å². The lowest BCUT2D eigenvalue weighted by Crippen LogP contribution is -2.55. The van der Waals surface area contributed by atoms with E-state index < -0.39 is 15.6 Å². The highest BCUT2D eigenvalue weighted by molar-refractivity contribution is 7.89. The van der Waals surface area contributed by atoms with Gasteiger partial charge in [0.05, 0.1) is 10.4 Å². The Kier molecular flexibility index (Phi) is 5.03. The summed E-state index contributed by atoms with van der Waals surface area (Å²) >= 11 is 0. The summed E-state index contributed by atoms with van der Waals surface area (Å²) in [6, 6.07) is 7.45. The maximum Gasteiger partial charge on any atom is 0.243 e. The normalized spacial score (nSPS) is 24.0. The van der Waals surface area contributed by atoms with Crippen molar-refractivity contribution in [1.29, 1.82) is 0 Å². The van der Waals surface area contributed by atoms with Crippen LogP contribution in [0.2, 0.25) is 0 Å². The molecule has 148 valence electrons. The fraction of sp³-hybridized carbons (Fsp3) is 0.650. The van der Waals surface area contributed by atoms with Crippen LogP contribution in [-0.4, -0.2) is 55.2 Å². The molecule has 2 N–H and O–H groups in total. The predicted octanol–water partition coefficient (Wildman–Crippen LogP) is 2.06. The van der Waals surface area contributed by atoms with Crippen LogP contribution >= 0.6 is 0 Å². The van der Waals surface area contributed by atoms with Gasteiger partial charge in [0, 0.05) is 26.2 Å². The second-order valence-corrected chi connectivity index (χ2v) is 10.2. The third-order valence-corrected chi connectivity index (χ3v) is 8.25. The quantitative estimate of drug-likeness (QED) is 0.851. The Morgan fingerprint density at radius 3 is 2.11 bits per heavy atom. The topological polar surface area (TPSA) is 83.7 Å². The van der Waals surface area contributed by atoms with Gasteiger partial charge < -0.3 is 10.6 Å². The van der Waals surface area contributed by atoms with E-state index >= 15 is 0 Å². The average molecular weight is 392 g/mol. The molecule has 6 nitrogen and oxygen atoms in total. The highest BCUT2D eigenvalue weighted by atomic mass is 32.2. The molecule has 0 radical (unpaired) electrons. The molecule has 1 amide bonds. The standard InChI is InChI=1S/C20H29N3O3S/c21-20(10-11-20)19(24)22-12-14-23(15-13-22)27(25,26)18-8-6-17(7-9-18)16-4-2-1-3-5-16/h6-9,16H,1-5,10-15,21H2. The molecule has 27 heavy (non-hydrogen) atoms. The summed E-state index contributed by atoms with van der Waals surface area (Å²) in [6.45, 7) is 1.48. The third kappa shape index (κ3) is 3.77. The summed E-state index contributed by atoms with van der Waals surface area (Å²) in [4.78, 5) is 14.4. The van der Waals surface area contributed by atoms with Crippen LogP contribution in [0, 0.1) is 0 Å². The van der Waals surface area contributed by atoms with Crippen LogP contribution in [0.1, 0.15) is 56.4 Å². The first kappa shape index (κ1) is 18.9. The summed E-state index contributed by atoms with van der Waals surface area (Å²) in [5.41, 5.74) is 6.55. The molecular formula is C20H29N3O3S. The minimum absolute atomic E-state index is 0.0311. The molecule has 7 heteroatoms. The van der Waals surface area contributed by atoms with E-state index in [0.717, 1.165) is 12.8 Å². The smallest absolute Gasteiger partial charge is 0.243 e. The third-order valence-electron chi connectivity index (χ3n) is 6.33. The largest absolute Gasteiger partial charge is 0.338 e. The van der Waals surface area contributed by atoms with Gasteiger partial charge in [-0.25, -0.2) is 8.42 Å². The Morgan fingerprint density at radius 2 is 1.56 bits per heavy atom. The lowest BCUT2D eigenvalue weighted by molar-refractivity contribution is -0.134. The number of nitrogens with zero attached hydrogens (tertiary/aromatic N) is 2. The zero-order valence-electron chi connectivity index (χ0n) is 15.8. The van der Waals surface area contributed by atoms with E-state index in [9.17, 15) is 13.2 Å². The van der Waals surface area contributed by atoms with Gasteiger partial charge in [-0.2, -0.15) is 4.31 Å². The Labute approximate surface area is 161 Å².